The molecule has 4 nitrogen and oxygen atoms in total. The van der Waals surface area contributed by atoms with Crippen LogP contribution in [0.1, 0.15) is 84.0 Å². The number of hydrogen-bond acceptors (Lipinski definition) is 3. The summed E-state index contributed by atoms with van der Waals surface area (Å²) in [4.78, 5) is 20.9. The molecule has 0 aliphatic rings. The minimum Gasteiger partial charge on any atom is -0.303 e. The van der Waals surface area contributed by atoms with Gasteiger partial charge in [-0.15, -0.1) is 0 Å². The van der Waals surface area contributed by atoms with Crippen molar-refractivity contribution in [3.63, 3.8) is 0 Å². The van der Waals surface area contributed by atoms with Crippen molar-refractivity contribution in [2.24, 2.45) is 0 Å². The zero-order chi connectivity index (χ0) is 16.5. The molecule has 0 radical (unpaired) electrons. The predicted molar refractivity (Wildman–Crippen MR) is 91.4 cm³/mol. The summed E-state index contributed by atoms with van der Waals surface area (Å²) < 4.78 is 0. The van der Waals surface area contributed by atoms with Crippen LogP contribution in [0.5, 0.6) is 0 Å². The van der Waals surface area contributed by atoms with Gasteiger partial charge in [0.2, 0.25) is 5.70 Å². The average molecular weight is 309 g/mol. The van der Waals surface area contributed by atoms with Gasteiger partial charge in [-0.1, -0.05) is 51.2 Å². The van der Waals surface area contributed by atoms with Gasteiger partial charge in [0.25, 0.3) is 0 Å². The lowest BCUT2D eigenvalue weighted by Crippen LogP contribution is -1.98. The molecule has 0 aromatic heterocycles. The van der Waals surface area contributed by atoms with Crippen molar-refractivity contribution < 1.29 is 9.72 Å². The highest BCUT2D eigenvalue weighted by Crippen LogP contribution is 2.13. The van der Waals surface area contributed by atoms with Crippen LogP contribution >= 0.6 is 0 Å². The zero-order valence-electron chi connectivity index (χ0n) is 14.0. The van der Waals surface area contributed by atoms with Crippen molar-refractivity contribution in [1.29, 1.82) is 0 Å². The van der Waals surface area contributed by atoms with E-state index in [4.69, 9.17) is 0 Å². The molecule has 0 heterocycles. The van der Waals surface area contributed by atoms with Gasteiger partial charge in [-0.2, -0.15) is 0 Å². The molecule has 0 spiro atoms. The van der Waals surface area contributed by atoms with E-state index in [9.17, 15) is 14.9 Å². The number of carbonyl (C=O) groups is 1. The third-order valence-electron chi connectivity index (χ3n) is 3.62. The summed E-state index contributed by atoms with van der Waals surface area (Å²) in [5, 5.41) is 11.0. The number of carbonyl (C=O) groups excluding carboxylic acids is 1. The predicted octanol–water partition coefficient (Wildman–Crippen LogP) is 5.60. The van der Waals surface area contributed by atoms with Crippen LogP contribution in [0.3, 0.4) is 0 Å². The number of nitrogens with zero attached hydrogens (tertiary/aromatic N) is 1. The number of nitro groups is 1. The molecular weight excluding hydrogens is 278 g/mol. The van der Waals surface area contributed by atoms with Crippen molar-refractivity contribution in [2.75, 3.05) is 0 Å². The largest absolute Gasteiger partial charge is 0.303 e. The van der Waals surface area contributed by atoms with E-state index < -0.39 is 0 Å². The summed E-state index contributed by atoms with van der Waals surface area (Å²) in [6.45, 7) is 2.18. The normalized spacial score (nSPS) is 12.0. The molecule has 0 aromatic rings. The molecule has 0 saturated heterocycles. The molecule has 0 fully saturated rings. The van der Waals surface area contributed by atoms with Gasteiger partial charge in [0.1, 0.15) is 6.29 Å². The van der Waals surface area contributed by atoms with Crippen LogP contribution in [-0.2, 0) is 4.79 Å². The van der Waals surface area contributed by atoms with Gasteiger partial charge in [-0.05, 0) is 38.2 Å². The third-order valence-corrected chi connectivity index (χ3v) is 3.62. The molecule has 0 atom stereocenters. The zero-order valence-corrected chi connectivity index (χ0v) is 14.0. The van der Waals surface area contributed by atoms with E-state index in [0.29, 0.717) is 25.0 Å². The highest BCUT2D eigenvalue weighted by Gasteiger charge is 2.08. The van der Waals surface area contributed by atoms with Crippen molar-refractivity contribution in [3.8, 4) is 0 Å². The van der Waals surface area contributed by atoms with Crippen molar-refractivity contribution in [3.05, 3.63) is 34.0 Å². The average Bonchev–Trinajstić information content (AvgIpc) is 2.50. The molecule has 0 aromatic carbocycles. The lowest BCUT2D eigenvalue weighted by Gasteiger charge is -2.00. The molecule has 0 N–H and O–H groups in total. The van der Waals surface area contributed by atoms with Crippen LogP contribution in [0.15, 0.2) is 23.9 Å². The van der Waals surface area contributed by atoms with E-state index in [-0.39, 0.29) is 4.92 Å². The summed E-state index contributed by atoms with van der Waals surface area (Å²) in [6, 6.07) is 0. The van der Waals surface area contributed by atoms with E-state index in [0.717, 1.165) is 44.8 Å². The lowest BCUT2D eigenvalue weighted by molar-refractivity contribution is -0.428. The fraction of sp³-hybridized carbons (Fsp3) is 0.722. The van der Waals surface area contributed by atoms with Gasteiger partial charge in [-0.25, -0.2) is 0 Å². The second-order valence-corrected chi connectivity index (χ2v) is 5.63. The Bertz CT molecular complexity index is 348. The van der Waals surface area contributed by atoms with Gasteiger partial charge in [0, 0.05) is 12.8 Å². The van der Waals surface area contributed by atoms with Crippen LogP contribution in [0, 0.1) is 10.1 Å². The summed E-state index contributed by atoms with van der Waals surface area (Å²) in [6.07, 6.45) is 18.3. The SMILES string of the molecule is CCCCC/C=C/C/C=C(/CCCCCCCC=O)[N+](=O)[O-]. The van der Waals surface area contributed by atoms with Gasteiger partial charge >= 0.3 is 0 Å². The molecule has 0 saturated carbocycles. The molecule has 0 aliphatic heterocycles. The molecule has 0 bridgehead atoms. The first kappa shape index (κ1) is 20.6. The maximum atomic E-state index is 11.0. The fourth-order valence-corrected chi connectivity index (χ4v) is 2.26. The Morgan fingerprint density at radius 3 is 2.32 bits per heavy atom. The standard InChI is InChI=1S/C18H31NO3/c1-2-3-4-5-6-9-12-15-18(19(21)22)16-13-10-7-8-11-14-17-20/h6,9,15,17H,2-5,7-8,10-14,16H2,1H3/b9-6+,18-15-. The summed E-state index contributed by atoms with van der Waals surface area (Å²) in [5.41, 5.74) is 0.339. The van der Waals surface area contributed by atoms with E-state index in [1.54, 1.807) is 6.08 Å². The number of hydrogen-bond donors (Lipinski definition) is 0. The van der Waals surface area contributed by atoms with Gasteiger partial charge in [0.15, 0.2) is 0 Å². The molecule has 22 heavy (non-hydrogen) atoms. The Kier molecular flexibility index (Phi) is 14.9. The number of rotatable bonds is 15. The smallest absolute Gasteiger partial charge is 0.242 e. The maximum Gasteiger partial charge on any atom is 0.242 e. The summed E-state index contributed by atoms with van der Waals surface area (Å²) in [5.74, 6) is 0. The van der Waals surface area contributed by atoms with Crippen LogP contribution in [0.2, 0.25) is 0 Å². The fourth-order valence-electron chi connectivity index (χ4n) is 2.26. The van der Waals surface area contributed by atoms with Gasteiger partial charge in [0.05, 0.1) is 4.92 Å². The minimum absolute atomic E-state index is 0.253. The molecular formula is C18H31NO3. The highest BCUT2D eigenvalue weighted by molar-refractivity contribution is 5.48. The number of allylic oxidation sites excluding steroid dienone is 4. The first-order valence-electron chi connectivity index (χ1n) is 8.64. The van der Waals surface area contributed by atoms with Crippen LogP contribution in [-0.4, -0.2) is 11.2 Å². The topological polar surface area (TPSA) is 60.2 Å². The second kappa shape index (κ2) is 15.9. The monoisotopic (exact) mass is 309 g/mol. The first-order valence-corrected chi connectivity index (χ1v) is 8.64. The number of unbranched alkanes of at least 4 members (excludes halogenated alkanes) is 8. The Balaban J connectivity index is 3.82. The first-order chi connectivity index (χ1) is 10.7. The lowest BCUT2D eigenvalue weighted by atomic mass is 10.1. The molecule has 0 rings (SSSR count). The molecule has 0 aliphatic carbocycles. The van der Waals surface area contributed by atoms with Crippen LogP contribution in [0.4, 0.5) is 0 Å². The Morgan fingerprint density at radius 1 is 0.955 bits per heavy atom. The Labute approximate surface area is 134 Å². The van der Waals surface area contributed by atoms with Crippen molar-refractivity contribution in [1.82, 2.24) is 0 Å². The molecule has 0 amide bonds. The van der Waals surface area contributed by atoms with E-state index >= 15 is 0 Å². The summed E-state index contributed by atoms with van der Waals surface area (Å²) in [7, 11) is 0. The van der Waals surface area contributed by atoms with E-state index in [2.05, 4.69) is 13.0 Å². The minimum atomic E-state index is -0.253. The Hall–Kier alpha value is -1.45. The van der Waals surface area contributed by atoms with E-state index in [1.807, 2.05) is 6.08 Å². The Morgan fingerprint density at radius 2 is 1.64 bits per heavy atom. The van der Waals surface area contributed by atoms with Crippen LogP contribution in [0.25, 0.3) is 0 Å². The van der Waals surface area contributed by atoms with Crippen LogP contribution < -0.4 is 0 Å². The maximum absolute atomic E-state index is 11.0. The molecule has 126 valence electrons. The third kappa shape index (κ3) is 13.5. The van der Waals surface area contributed by atoms with Gasteiger partial charge in [-0.3, -0.25) is 10.1 Å². The molecule has 4 heteroatoms. The number of aldehydes is 1. The highest BCUT2D eigenvalue weighted by atomic mass is 16.6. The van der Waals surface area contributed by atoms with E-state index in [1.165, 1.54) is 19.3 Å². The van der Waals surface area contributed by atoms with Crippen molar-refractivity contribution >= 4 is 6.29 Å². The second-order valence-electron chi connectivity index (χ2n) is 5.63. The molecule has 0 unspecified atom stereocenters. The quantitative estimate of drug-likeness (QED) is 0.130. The van der Waals surface area contributed by atoms with Gasteiger partial charge < -0.3 is 4.79 Å². The van der Waals surface area contributed by atoms with Crippen molar-refractivity contribution in [2.45, 2.75) is 84.0 Å². The summed E-state index contributed by atoms with van der Waals surface area (Å²) >= 11 is 0.